The van der Waals surface area contributed by atoms with Crippen LogP contribution in [0.2, 0.25) is 0 Å². The Hall–Kier alpha value is -1.93. The Morgan fingerprint density at radius 3 is 2.73 bits per heavy atom. The standard InChI is InChI=1S/C18H31N7S/c1-5-17-23-22-14-25(17)10-9-20-18(19-4)21-12-16(24(6-2)7-3)15-8-11-26-13-15/h8,11,13-14,16H,5-7,9-10,12H2,1-4H3,(H2,19,20,21). The van der Waals surface area contributed by atoms with Crippen LogP contribution in [0.25, 0.3) is 0 Å². The van der Waals surface area contributed by atoms with Gasteiger partial charge in [0.05, 0.1) is 6.04 Å². The fourth-order valence-electron chi connectivity index (χ4n) is 3.03. The van der Waals surface area contributed by atoms with Crippen molar-refractivity contribution in [2.45, 2.75) is 39.8 Å². The summed E-state index contributed by atoms with van der Waals surface area (Å²) < 4.78 is 2.07. The maximum atomic E-state index is 4.35. The monoisotopic (exact) mass is 377 g/mol. The molecule has 0 fully saturated rings. The quantitative estimate of drug-likeness (QED) is 0.490. The minimum Gasteiger partial charge on any atom is -0.355 e. The molecule has 0 saturated heterocycles. The molecule has 1 unspecified atom stereocenters. The Kier molecular flexibility index (Phi) is 8.57. The molecule has 0 aliphatic rings. The highest BCUT2D eigenvalue weighted by Gasteiger charge is 2.18. The van der Waals surface area contributed by atoms with Crippen molar-refractivity contribution < 1.29 is 0 Å². The summed E-state index contributed by atoms with van der Waals surface area (Å²) in [6, 6.07) is 2.56. The fraction of sp³-hybridized carbons (Fsp3) is 0.611. The van der Waals surface area contributed by atoms with Crippen LogP contribution in [0.1, 0.15) is 38.2 Å². The molecule has 0 bridgehead atoms. The maximum absolute atomic E-state index is 4.35. The molecule has 7 nitrogen and oxygen atoms in total. The van der Waals surface area contributed by atoms with Crippen LogP contribution >= 0.6 is 11.3 Å². The van der Waals surface area contributed by atoms with Crippen LogP contribution < -0.4 is 10.6 Å². The minimum atomic E-state index is 0.347. The normalized spacial score (nSPS) is 13.2. The molecule has 0 spiro atoms. The highest BCUT2D eigenvalue weighted by atomic mass is 32.1. The lowest BCUT2D eigenvalue weighted by Gasteiger charge is -2.30. The highest BCUT2D eigenvalue weighted by Crippen LogP contribution is 2.22. The summed E-state index contributed by atoms with van der Waals surface area (Å²) >= 11 is 1.75. The average molecular weight is 378 g/mol. The van der Waals surface area contributed by atoms with Crippen molar-refractivity contribution in [1.29, 1.82) is 0 Å². The molecule has 2 N–H and O–H groups in total. The van der Waals surface area contributed by atoms with Crippen molar-refractivity contribution in [2.24, 2.45) is 4.99 Å². The van der Waals surface area contributed by atoms with Crippen LogP contribution in [0, 0.1) is 0 Å². The van der Waals surface area contributed by atoms with Crippen molar-refractivity contribution in [3.63, 3.8) is 0 Å². The first-order valence-corrected chi connectivity index (χ1v) is 10.2. The van der Waals surface area contributed by atoms with E-state index in [-0.39, 0.29) is 0 Å². The number of guanidine groups is 1. The van der Waals surface area contributed by atoms with E-state index in [2.05, 4.69) is 72.9 Å². The van der Waals surface area contributed by atoms with Gasteiger partial charge in [-0.2, -0.15) is 11.3 Å². The van der Waals surface area contributed by atoms with E-state index in [1.165, 1.54) is 5.56 Å². The first-order chi connectivity index (χ1) is 12.7. The van der Waals surface area contributed by atoms with Gasteiger partial charge in [-0.05, 0) is 35.5 Å². The van der Waals surface area contributed by atoms with E-state index < -0.39 is 0 Å². The molecule has 1 atom stereocenters. The van der Waals surface area contributed by atoms with Gasteiger partial charge in [-0.3, -0.25) is 9.89 Å². The Bertz CT molecular complexity index is 646. The van der Waals surface area contributed by atoms with Crippen molar-refractivity contribution in [2.75, 3.05) is 33.2 Å². The Morgan fingerprint density at radius 1 is 1.31 bits per heavy atom. The van der Waals surface area contributed by atoms with Gasteiger partial charge in [-0.25, -0.2) is 0 Å². The number of aromatic nitrogens is 3. The summed E-state index contributed by atoms with van der Waals surface area (Å²) in [7, 11) is 1.81. The van der Waals surface area contributed by atoms with Gasteiger partial charge in [0.2, 0.25) is 0 Å². The second-order valence-electron chi connectivity index (χ2n) is 5.97. The number of hydrogen-bond acceptors (Lipinski definition) is 5. The number of nitrogens with zero attached hydrogens (tertiary/aromatic N) is 5. The molecule has 144 valence electrons. The Balaban J connectivity index is 1.87. The van der Waals surface area contributed by atoms with Crippen molar-refractivity contribution in [3.05, 3.63) is 34.5 Å². The zero-order valence-corrected chi connectivity index (χ0v) is 17.1. The molecule has 8 heteroatoms. The molecule has 2 aromatic heterocycles. The molecule has 0 aliphatic heterocycles. The SMILES string of the molecule is CCc1nncn1CCNC(=NC)NCC(c1ccsc1)N(CC)CC. The summed E-state index contributed by atoms with van der Waals surface area (Å²) in [4.78, 5) is 6.82. The second kappa shape index (κ2) is 10.9. The summed E-state index contributed by atoms with van der Waals surface area (Å²) in [6.45, 7) is 11.0. The van der Waals surface area contributed by atoms with Crippen LogP contribution in [0.3, 0.4) is 0 Å². The number of hydrogen-bond donors (Lipinski definition) is 2. The third-order valence-corrected chi connectivity index (χ3v) is 5.23. The third kappa shape index (κ3) is 5.54. The van der Waals surface area contributed by atoms with Gasteiger partial charge in [-0.1, -0.05) is 20.8 Å². The van der Waals surface area contributed by atoms with Gasteiger partial charge >= 0.3 is 0 Å². The lowest BCUT2D eigenvalue weighted by Crippen LogP contribution is -2.43. The summed E-state index contributed by atoms with van der Waals surface area (Å²) in [5.41, 5.74) is 1.36. The Labute approximate surface area is 160 Å². The molecule has 0 aliphatic carbocycles. The first-order valence-electron chi connectivity index (χ1n) is 9.30. The topological polar surface area (TPSA) is 70.4 Å². The van der Waals surface area contributed by atoms with Crippen molar-refractivity contribution in [3.8, 4) is 0 Å². The molecule has 0 amide bonds. The highest BCUT2D eigenvalue weighted by molar-refractivity contribution is 7.07. The largest absolute Gasteiger partial charge is 0.355 e. The van der Waals surface area contributed by atoms with E-state index in [4.69, 9.17) is 0 Å². The molecular formula is C18H31N7S. The first kappa shape index (κ1) is 20.4. The van der Waals surface area contributed by atoms with Crippen molar-refractivity contribution in [1.82, 2.24) is 30.3 Å². The fourth-order valence-corrected chi connectivity index (χ4v) is 3.74. The van der Waals surface area contributed by atoms with E-state index >= 15 is 0 Å². The predicted octanol–water partition coefficient (Wildman–Crippen LogP) is 2.15. The number of aryl methyl sites for hydroxylation is 1. The van der Waals surface area contributed by atoms with E-state index in [0.29, 0.717) is 6.04 Å². The van der Waals surface area contributed by atoms with Gasteiger partial charge in [0.1, 0.15) is 12.2 Å². The number of aliphatic imine (C=N–C) groups is 1. The molecule has 0 radical (unpaired) electrons. The third-order valence-electron chi connectivity index (χ3n) is 4.52. The van der Waals surface area contributed by atoms with Crippen LogP contribution in [-0.2, 0) is 13.0 Å². The molecule has 26 heavy (non-hydrogen) atoms. The van der Waals surface area contributed by atoms with Gasteiger partial charge < -0.3 is 15.2 Å². The maximum Gasteiger partial charge on any atom is 0.191 e. The summed E-state index contributed by atoms with van der Waals surface area (Å²) in [6.07, 6.45) is 2.67. The predicted molar refractivity (Wildman–Crippen MR) is 109 cm³/mol. The number of rotatable bonds is 10. The van der Waals surface area contributed by atoms with Crippen LogP contribution in [0.4, 0.5) is 0 Å². The molecule has 0 saturated carbocycles. The number of likely N-dealkylation sites (N-methyl/N-ethyl adjacent to an activating group) is 1. The second-order valence-corrected chi connectivity index (χ2v) is 6.75. The van der Waals surface area contributed by atoms with E-state index in [1.54, 1.807) is 17.7 Å². The van der Waals surface area contributed by atoms with Gasteiger partial charge in [0.15, 0.2) is 5.96 Å². The summed E-state index contributed by atoms with van der Waals surface area (Å²) in [5, 5.41) is 19.3. The van der Waals surface area contributed by atoms with Gasteiger partial charge in [0, 0.05) is 33.1 Å². The molecule has 0 aromatic carbocycles. The molecule has 2 rings (SSSR count). The van der Waals surface area contributed by atoms with Crippen LogP contribution in [0.5, 0.6) is 0 Å². The van der Waals surface area contributed by atoms with E-state index in [0.717, 1.165) is 50.9 Å². The van der Waals surface area contributed by atoms with Crippen LogP contribution in [0.15, 0.2) is 28.1 Å². The zero-order valence-electron chi connectivity index (χ0n) is 16.3. The lowest BCUT2D eigenvalue weighted by molar-refractivity contribution is 0.219. The molecule has 2 aromatic rings. The Morgan fingerprint density at radius 2 is 2.12 bits per heavy atom. The van der Waals surface area contributed by atoms with E-state index in [1.807, 2.05) is 7.05 Å². The lowest BCUT2D eigenvalue weighted by atomic mass is 10.1. The van der Waals surface area contributed by atoms with Crippen LogP contribution in [-0.4, -0.2) is 58.9 Å². The number of nitrogens with one attached hydrogen (secondary N) is 2. The smallest absolute Gasteiger partial charge is 0.191 e. The number of thiophene rings is 1. The van der Waals surface area contributed by atoms with E-state index in [9.17, 15) is 0 Å². The minimum absolute atomic E-state index is 0.347. The van der Waals surface area contributed by atoms with Gasteiger partial charge in [0.25, 0.3) is 0 Å². The summed E-state index contributed by atoms with van der Waals surface area (Å²) in [5.74, 6) is 1.83. The average Bonchev–Trinajstić information content (AvgIpc) is 3.35. The van der Waals surface area contributed by atoms with Gasteiger partial charge in [-0.15, -0.1) is 10.2 Å². The van der Waals surface area contributed by atoms with Crippen molar-refractivity contribution >= 4 is 17.3 Å². The molecular weight excluding hydrogens is 346 g/mol. The molecule has 2 heterocycles. The zero-order chi connectivity index (χ0) is 18.8.